The van der Waals surface area contributed by atoms with Crippen LogP contribution in [0.25, 0.3) is 0 Å². The lowest BCUT2D eigenvalue weighted by Gasteiger charge is -2.08. The van der Waals surface area contributed by atoms with Gasteiger partial charge in [-0.3, -0.25) is 0 Å². The lowest BCUT2D eigenvalue weighted by molar-refractivity contribution is 0.0563. The van der Waals surface area contributed by atoms with Crippen LogP contribution in [-0.2, 0) is 11.3 Å². The van der Waals surface area contributed by atoms with Gasteiger partial charge in [0.2, 0.25) is 5.76 Å². The fourth-order valence-corrected chi connectivity index (χ4v) is 2.36. The second-order valence-corrected chi connectivity index (χ2v) is 5.09. The smallest absolute Gasteiger partial charge is 0.373 e. The summed E-state index contributed by atoms with van der Waals surface area (Å²) in [7, 11) is 1.33. The number of nitrogens with zero attached hydrogens (tertiary/aromatic N) is 1. The summed E-state index contributed by atoms with van der Waals surface area (Å²) in [4.78, 5) is 15.5. The lowest BCUT2D eigenvalue weighted by atomic mass is 10.2. The van der Waals surface area contributed by atoms with Crippen molar-refractivity contribution < 1.29 is 13.9 Å². The molecule has 0 aliphatic rings. The Morgan fingerprint density at radius 3 is 3.11 bits per heavy atom. The first kappa shape index (κ1) is 13.8. The Morgan fingerprint density at radius 1 is 1.58 bits per heavy atom. The minimum absolute atomic E-state index is 0.229. The van der Waals surface area contributed by atoms with Gasteiger partial charge in [0.1, 0.15) is 5.76 Å². The Morgan fingerprint density at radius 2 is 2.42 bits per heavy atom. The van der Waals surface area contributed by atoms with Crippen molar-refractivity contribution in [2.45, 2.75) is 19.4 Å². The quantitative estimate of drug-likeness (QED) is 0.823. The van der Waals surface area contributed by atoms with E-state index in [1.807, 2.05) is 11.6 Å². The van der Waals surface area contributed by atoms with E-state index in [0.29, 0.717) is 18.2 Å². The molecule has 2 heterocycles. The fraction of sp³-hybridized carbons (Fsp3) is 0.385. The molecule has 5 nitrogen and oxygen atoms in total. The maximum Gasteiger partial charge on any atom is 0.373 e. The van der Waals surface area contributed by atoms with Gasteiger partial charge in [-0.25, -0.2) is 9.78 Å². The van der Waals surface area contributed by atoms with Crippen molar-refractivity contribution in [3.8, 4) is 0 Å². The number of ether oxygens (including phenoxy) is 1. The topological polar surface area (TPSA) is 64.4 Å². The first-order chi connectivity index (χ1) is 9.20. The minimum atomic E-state index is -0.456. The normalized spacial score (nSPS) is 12.3. The summed E-state index contributed by atoms with van der Waals surface area (Å²) >= 11 is 1.65. The summed E-state index contributed by atoms with van der Waals surface area (Å²) in [6, 6.07) is 3.39. The Balaban J connectivity index is 1.79. The molecule has 1 atom stereocenters. The average molecular weight is 280 g/mol. The molecule has 0 aliphatic carbocycles. The zero-order chi connectivity index (χ0) is 13.7. The summed E-state index contributed by atoms with van der Waals surface area (Å²) in [6.45, 7) is 3.50. The highest BCUT2D eigenvalue weighted by atomic mass is 32.1. The van der Waals surface area contributed by atoms with Crippen LogP contribution < -0.4 is 5.32 Å². The van der Waals surface area contributed by atoms with E-state index < -0.39 is 5.97 Å². The molecule has 2 rings (SSSR count). The molecule has 0 saturated heterocycles. The van der Waals surface area contributed by atoms with Gasteiger partial charge in [-0.15, -0.1) is 11.3 Å². The number of aromatic nitrogens is 1. The van der Waals surface area contributed by atoms with Crippen molar-refractivity contribution >= 4 is 17.3 Å². The monoisotopic (exact) mass is 280 g/mol. The number of carbonyl (C=O) groups is 1. The Hall–Kier alpha value is -1.66. The van der Waals surface area contributed by atoms with Crippen molar-refractivity contribution in [1.29, 1.82) is 0 Å². The van der Waals surface area contributed by atoms with Gasteiger partial charge in [-0.05, 0) is 12.1 Å². The second kappa shape index (κ2) is 6.49. The predicted octanol–water partition coefficient (Wildman–Crippen LogP) is 2.42. The van der Waals surface area contributed by atoms with Crippen LogP contribution in [0, 0.1) is 0 Å². The van der Waals surface area contributed by atoms with Crippen LogP contribution >= 0.6 is 11.3 Å². The predicted molar refractivity (Wildman–Crippen MR) is 72.3 cm³/mol. The zero-order valence-electron chi connectivity index (χ0n) is 10.9. The third-order valence-corrected chi connectivity index (χ3v) is 3.68. The molecule has 0 amide bonds. The van der Waals surface area contributed by atoms with Gasteiger partial charge in [0.05, 0.1) is 18.7 Å². The largest absolute Gasteiger partial charge is 0.463 e. The summed E-state index contributed by atoms with van der Waals surface area (Å²) in [5.74, 6) is 0.844. The SMILES string of the molecule is COC(=O)c1ccc(CNCC(C)c2nccs2)o1. The maximum absolute atomic E-state index is 11.2. The van der Waals surface area contributed by atoms with E-state index in [9.17, 15) is 4.79 Å². The third-order valence-electron chi connectivity index (χ3n) is 2.67. The molecule has 0 saturated carbocycles. The number of hydrogen-bond acceptors (Lipinski definition) is 6. The van der Waals surface area contributed by atoms with Gasteiger partial charge >= 0.3 is 5.97 Å². The van der Waals surface area contributed by atoms with Crippen LogP contribution in [0.2, 0.25) is 0 Å². The molecule has 2 aromatic heterocycles. The summed E-state index contributed by atoms with van der Waals surface area (Å²) in [6.07, 6.45) is 1.81. The highest BCUT2D eigenvalue weighted by molar-refractivity contribution is 7.09. The van der Waals surface area contributed by atoms with Crippen LogP contribution in [-0.4, -0.2) is 24.6 Å². The van der Waals surface area contributed by atoms with Crippen molar-refractivity contribution in [3.05, 3.63) is 40.2 Å². The number of rotatable bonds is 6. The Bertz CT molecular complexity index is 522. The number of thiazole rings is 1. The van der Waals surface area contributed by atoms with E-state index >= 15 is 0 Å². The molecule has 0 radical (unpaired) electrons. The number of esters is 1. The van der Waals surface area contributed by atoms with E-state index in [4.69, 9.17) is 4.42 Å². The van der Waals surface area contributed by atoms with Gasteiger partial charge in [-0.2, -0.15) is 0 Å². The van der Waals surface area contributed by atoms with Crippen molar-refractivity contribution in [1.82, 2.24) is 10.3 Å². The molecule has 0 aliphatic heterocycles. The maximum atomic E-state index is 11.2. The van der Waals surface area contributed by atoms with Crippen molar-refractivity contribution in [2.24, 2.45) is 0 Å². The number of hydrogen-bond donors (Lipinski definition) is 1. The van der Waals surface area contributed by atoms with Gasteiger partial charge < -0.3 is 14.5 Å². The van der Waals surface area contributed by atoms with Gasteiger partial charge in [0.25, 0.3) is 0 Å². The number of methoxy groups -OCH3 is 1. The number of furan rings is 1. The van der Waals surface area contributed by atoms with E-state index in [1.54, 1.807) is 23.5 Å². The van der Waals surface area contributed by atoms with Crippen LogP contribution in [0.1, 0.15) is 34.2 Å². The second-order valence-electron chi connectivity index (χ2n) is 4.16. The van der Waals surface area contributed by atoms with Crippen LogP contribution in [0.15, 0.2) is 28.1 Å². The van der Waals surface area contributed by atoms with E-state index in [0.717, 1.165) is 11.6 Å². The number of carbonyl (C=O) groups excluding carboxylic acids is 1. The van der Waals surface area contributed by atoms with Crippen LogP contribution in [0.5, 0.6) is 0 Å². The molecule has 2 aromatic rings. The molecule has 19 heavy (non-hydrogen) atoms. The zero-order valence-corrected chi connectivity index (χ0v) is 11.7. The molecular weight excluding hydrogens is 264 g/mol. The van der Waals surface area contributed by atoms with Gasteiger partial charge in [-0.1, -0.05) is 6.92 Å². The molecule has 0 spiro atoms. The Labute approximate surface area is 115 Å². The first-order valence-corrected chi connectivity index (χ1v) is 6.85. The van der Waals surface area contributed by atoms with E-state index in [1.165, 1.54) is 7.11 Å². The highest BCUT2D eigenvalue weighted by Gasteiger charge is 2.11. The lowest BCUT2D eigenvalue weighted by Crippen LogP contribution is -2.19. The molecule has 0 bridgehead atoms. The number of nitrogens with one attached hydrogen (secondary N) is 1. The van der Waals surface area contributed by atoms with Crippen molar-refractivity contribution in [3.63, 3.8) is 0 Å². The molecule has 102 valence electrons. The fourth-order valence-electron chi connectivity index (χ4n) is 1.66. The molecule has 0 fully saturated rings. The van der Waals surface area contributed by atoms with Gasteiger partial charge in [0.15, 0.2) is 0 Å². The highest BCUT2D eigenvalue weighted by Crippen LogP contribution is 2.16. The molecule has 1 N–H and O–H groups in total. The Kier molecular flexibility index (Phi) is 4.70. The summed E-state index contributed by atoms with van der Waals surface area (Å²) in [5.41, 5.74) is 0. The van der Waals surface area contributed by atoms with Crippen LogP contribution in [0.4, 0.5) is 0 Å². The molecule has 6 heteroatoms. The van der Waals surface area contributed by atoms with E-state index in [-0.39, 0.29) is 5.76 Å². The standard InChI is InChI=1S/C13H16N2O3S/c1-9(12-15-5-6-19-12)7-14-8-10-3-4-11(18-10)13(16)17-2/h3-6,9,14H,7-8H2,1-2H3. The minimum Gasteiger partial charge on any atom is -0.463 e. The van der Waals surface area contributed by atoms with Crippen LogP contribution in [0.3, 0.4) is 0 Å². The van der Waals surface area contributed by atoms with Gasteiger partial charge in [0, 0.05) is 24.0 Å². The average Bonchev–Trinajstić information content (AvgIpc) is 3.08. The first-order valence-electron chi connectivity index (χ1n) is 5.98. The van der Waals surface area contributed by atoms with E-state index in [2.05, 4.69) is 22.0 Å². The van der Waals surface area contributed by atoms with Crippen molar-refractivity contribution in [2.75, 3.05) is 13.7 Å². The summed E-state index contributed by atoms with van der Waals surface area (Å²) in [5, 5.41) is 6.37. The molecule has 1 unspecified atom stereocenters. The molecule has 0 aromatic carbocycles. The molecular formula is C13H16N2O3S. The third kappa shape index (κ3) is 3.65. The summed E-state index contributed by atoms with van der Waals surface area (Å²) < 4.78 is 9.94.